The second kappa shape index (κ2) is 8.23. The molecular weight excluding hydrogens is 318 g/mol. The normalized spacial score (nSPS) is 12.8. The zero-order valence-corrected chi connectivity index (χ0v) is 15.0. The summed E-state index contributed by atoms with van der Waals surface area (Å²) in [7, 11) is 1.39. The van der Waals surface area contributed by atoms with Crippen LogP contribution in [-0.4, -0.2) is 34.5 Å². The topological polar surface area (TPSA) is 82.0 Å². The quantitative estimate of drug-likeness (QED) is 0.553. The van der Waals surface area contributed by atoms with Crippen molar-refractivity contribution in [3.05, 3.63) is 53.6 Å². The average molecular weight is 345 g/mol. The van der Waals surface area contributed by atoms with Gasteiger partial charge in [-0.2, -0.15) is 0 Å². The van der Waals surface area contributed by atoms with Gasteiger partial charge in [-0.05, 0) is 44.4 Å². The standard InChI is InChI=1S/C20H27NO4/c1-20(2,12-11-14-7-5-4-6-8-14)21-13-17(23)15-9-10-16(22)18(24)19(15)25-3/h4-10,17,21-24H,11-13H2,1-3H3/t17-/m1/s1. The first-order chi connectivity index (χ1) is 11.8. The highest BCUT2D eigenvalue weighted by Crippen LogP contribution is 2.40. The molecule has 2 aromatic rings. The number of rotatable bonds is 8. The second-order valence-corrected chi connectivity index (χ2v) is 6.82. The van der Waals surface area contributed by atoms with E-state index in [2.05, 4.69) is 31.3 Å². The number of aromatic hydroxyl groups is 2. The zero-order valence-electron chi connectivity index (χ0n) is 15.0. The van der Waals surface area contributed by atoms with E-state index in [4.69, 9.17) is 4.74 Å². The Hall–Kier alpha value is -2.24. The Morgan fingerprint density at radius 1 is 1.08 bits per heavy atom. The summed E-state index contributed by atoms with van der Waals surface area (Å²) in [5, 5.41) is 33.2. The fourth-order valence-electron chi connectivity index (χ4n) is 2.73. The molecule has 0 saturated carbocycles. The van der Waals surface area contributed by atoms with Crippen LogP contribution in [0.4, 0.5) is 0 Å². The third-order valence-electron chi connectivity index (χ3n) is 4.36. The molecule has 0 amide bonds. The number of hydrogen-bond donors (Lipinski definition) is 4. The molecule has 0 aliphatic carbocycles. The fourth-order valence-corrected chi connectivity index (χ4v) is 2.73. The summed E-state index contributed by atoms with van der Waals surface area (Å²) in [5.41, 5.74) is 1.55. The first kappa shape index (κ1) is 19.1. The Bertz CT molecular complexity index is 686. The maximum absolute atomic E-state index is 10.5. The van der Waals surface area contributed by atoms with Gasteiger partial charge in [0.1, 0.15) is 0 Å². The van der Waals surface area contributed by atoms with Crippen LogP contribution in [0.15, 0.2) is 42.5 Å². The molecule has 0 spiro atoms. The van der Waals surface area contributed by atoms with E-state index in [1.807, 2.05) is 18.2 Å². The third kappa shape index (κ3) is 5.11. The molecule has 0 unspecified atom stereocenters. The molecule has 0 radical (unpaired) electrons. The molecular formula is C20H27NO4. The SMILES string of the molecule is COc1c([C@H](O)CNC(C)(C)CCc2ccccc2)ccc(O)c1O. The molecule has 2 rings (SSSR count). The van der Waals surface area contributed by atoms with Gasteiger partial charge in [0.2, 0.25) is 5.75 Å². The van der Waals surface area contributed by atoms with E-state index in [0.717, 1.165) is 12.8 Å². The Morgan fingerprint density at radius 3 is 2.40 bits per heavy atom. The van der Waals surface area contributed by atoms with E-state index < -0.39 is 6.10 Å². The molecule has 0 fully saturated rings. The predicted molar refractivity (Wildman–Crippen MR) is 98.1 cm³/mol. The molecule has 2 aromatic carbocycles. The van der Waals surface area contributed by atoms with Crippen LogP contribution in [0, 0.1) is 0 Å². The van der Waals surface area contributed by atoms with Crippen LogP contribution in [0.2, 0.25) is 0 Å². The molecule has 5 nitrogen and oxygen atoms in total. The number of aliphatic hydroxyl groups excluding tert-OH is 1. The van der Waals surface area contributed by atoms with E-state index >= 15 is 0 Å². The van der Waals surface area contributed by atoms with Crippen molar-refractivity contribution < 1.29 is 20.1 Å². The molecule has 0 aliphatic heterocycles. The van der Waals surface area contributed by atoms with E-state index in [9.17, 15) is 15.3 Å². The predicted octanol–water partition coefficient (Wildman–Crippen LogP) is 3.14. The number of ether oxygens (including phenoxy) is 1. The molecule has 0 aliphatic rings. The lowest BCUT2D eigenvalue weighted by atomic mass is 9.94. The Labute approximate surface area is 148 Å². The molecule has 136 valence electrons. The van der Waals surface area contributed by atoms with Crippen molar-refractivity contribution in [2.75, 3.05) is 13.7 Å². The van der Waals surface area contributed by atoms with Crippen LogP contribution in [0.25, 0.3) is 0 Å². The Balaban J connectivity index is 1.96. The van der Waals surface area contributed by atoms with Crippen molar-refractivity contribution in [2.24, 2.45) is 0 Å². The minimum atomic E-state index is -0.863. The van der Waals surface area contributed by atoms with Crippen LogP contribution in [0.1, 0.15) is 37.5 Å². The number of phenols is 2. The summed E-state index contributed by atoms with van der Waals surface area (Å²) >= 11 is 0. The monoisotopic (exact) mass is 345 g/mol. The van der Waals surface area contributed by atoms with Gasteiger partial charge in [-0.3, -0.25) is 0 Å². The van der Waals surface area contributed by atoms with Gasteiger partial charge >= 0.3 is 0 Å². The Kier molecular flexibility index (Phi) is 6.28. The third-order valence-corrected chi connectivity index (χ3v) is 4.36. The van der Waals surface area contributed by atoms with E-state index in [1.165, 1.54) is 18.7 Å². The summed E-state index contributed by atoms with van der Waals surface area (Å²) in [5.74, 6) is -0.539. The van der Waals surface area contributed by atoms with Crippen LogP contribution in [-0.2, 0) is 6.42 Å². The lowest BCUT2D eigenvalue weighted by molar-refractivity contribution is 0.154. The maximum atomic E-state index is 10.5. The van der Waals surface area contributed by atoms with Crippen molar-refractivity contribution in [1.29, 1.82) is 0 Å². The van der Waals surface area contributed by atoms with E-state index in [0.29, 0.717) is 12.1 Å². The maximum Gasteiger partial charge on any atom is 0.200 e. The number of aliphatic hydroxyl groups is 1. The highest BCUT2D eigenvalue weighted by atomic mass is 16.5. The van der Waals surface area contributed by atoms with Gasteiger partial charge in [0.05, 0.1) is 13.2 Å². The number of methoxy groups -OCH3 is 1. The van der Waals surface area contributed by atoms with Crippen molar-refractivity contribution >= 4 is 0 Å². The van der Waals surface area contributed by atoms with Gasteiger partial charge in [0.25, 0.3) is 0 Å². The summed E-state index contributed by atoms with van der Waals surface area (Å²) in [6.07, 6.45) is 1.000. The number of nitrogens with one attached hydrogen (secondary N) is 1. The minimum Gasteiger partial charge on any atom is -0.504 e. The fraction of sp³-hybridized carbons (Fsp3) is 0.400. The highest BCUT2D eigenvalue weighted by Gasteiger charge is 2.22. The lowest BCUT2D eigenvalue weighted by Crippen LogP contribution is -2.42. The summed E-state index contributed by atoms with van der Waals surface area (Å²) in [6.45, 7) is 4.49. The van der Waals surface area contributed by atoms with Crippen molar-refractivity contribution in [3.8, 4) is 17.2 Å². The zero-order chi connectivity index (χ0) is 18.4. The molecule has 1 atom stereocenters. The first-order valence-corrected chi connectivity index (χ1v) is 8.40. The summed E-state index contributed by atoms with van der Waals surface area (Å²) in [6, 6.07) is 13.2. The Morgan fingerprint density at radius 2 is 1.76 bits per heavy atom. The van der Waals surface area contributed by atoms with Crippen molar-refractivity contribution in [1.82, 2.24) is 5.32 Å². The van der Waals surface area contributed by atoms with Crippen LogP contribution in [0.3, 0.4) is 0 Å². The van der Waals surface area contributed by atoms with Crippen molar-refractivity contribution in [2.45, 2.75) is 38.3 Å². The molecule has 0 aromatic heterocycles. The first-order valence-electron chi connectivity index (χ1n) is 8.40. The van der Waals surface area contributed by atoms with Gasteiger partial charge in [-0.15, -0.1) is 0 Å². The second-order valence-electron chi connectivity index (χ2n) is 6.82. The molecule has 0 saturated heterocycles. The highest BCUT2D eigenvalue weighted by molar-refractivity contribution is 5.54. The minimum absolute atomic E-state index is 0.0939. The van der Waals surface area contributed by atoms with Gasteiger partial charge in [-0.25, -0.2) is 0 Å². The van der Waals surface area contributed by atoms with Crippen LogP contribution < -0.4 is 10.1 Å². The van der Waals surface area contributed by atoms with Crippen molar-refractivity contribution in [3.63, 3.8) is 0 Å². The van der Waals surface area contributed by atoms with Gasteiger partial charge in [0, 0.05) is 17.6 Å². The number of aryl methyl sites for hydroxylation is 1. The largest absolute Gasteiger partial charge is 0.504 e. The van der Waals surface area contributed by atoms with E-state index in [1.54, 1.807) is 6.07 Å². The lowest BCUT2D eigenvalue weighted by Gasteiger charge is -2.28. The van der Waals surface area contributed by atoms with Gasteiger partial charge in [-0.1, -0.05) is 30.3 Å². The van der Waals surface area contributed by atoms with Gasteiger partial charge < -0.3 is 25.4 Å². The number of hydrogen-bond acceptors (Lipinski definition) is 5. The smallest absolute Gasteiger partial charge is 0.200 e. The number of benzene rings is 2. The molecule has 4 N–H and O–H groups in total. The van der Waals surface area contributed by atoms with E-state index in [-0.39, 0.29) is 22.8 Å². The molecule has 5 heteroatoms. The average Bonchev–Trinajstić information content (AvgIpc) is 2.61. The van der Waals surface area contributed by atoms with Gasteiger partial charge in [0.15, 0.2) is 11.5 Å². The number of phenolic OH excluding ortho intramolecular Hbond substituents is 2. The molecule has 0 heterocycles. The summed E-state index contributed by atoms with van der Waals surface area (Å²) < 4.78 is 5.12. The molecule has 25 heavy (non-hydrogen) atoms. The van der Waals surface area contributed by atoms with Crippen LogP contribution in [0.5, 0.6) is 17.2 Å². The number of β-amino-alcohol motifs (C(OH)–C–C–N with tert-alkyl or cyclic N) is 1. The molecule has 0 bridgehead atoms. The van der Waals surface area contributed by atoms with Crippen LogP contribution >= 0.6 is 0 Å². The summed E-state index contributed by atoms with van der Waals surface area (Å²) in [4.78, 5) is 0.